The zero-order valence-electron chi connectivity index (χ0n) is 12.1. The van der Waals surface area contributed by atoms with Gasteiger partial charge in [0.15, 0.2) is 6.61 Å². The van der Waals surface area contributed by atoms with E-state index in [1.807, 2.05) is 12.1 Å². The fourth-order valence-electron chi connectivity index (χ4n) is 1.77. The van der Waals surface area contributed by atoms with Crippen LogP contribution in [0.3, 0.4) is 0 Å². The van der Waals surface area contributed by atoms with Gasteiger partial charge < -0.3 is 9.15 Å². The topological polar surface area (TPSA) is 80.6 Å². The van der Waals surface area contributed by atoms with Gasteiger partial charge in [-0.25, -0.2) is 0 Å². The largest absolute Gasteiger partial charge is 0.484 e. The molecule has 0 spiro atoms. The molecule has 116 valence electrons. The van der Waals surface area contributed by atoms with Crippen LogP contribution in [0.5, 0.6) is 5.75 Å². The first-order valence-corrected chi connectivity index (χ1v) is 7.58. The maximum atomic E-state index is 11.9. The Morgan fingerprint density at radius 1 is 1.18 bits per heavy atom. The standard InChI is InChI=1S/C15H15IN2O4/c1-9-7-13(10(2)22-9)15(20)18-17-14(19)8-21-12-5-3-11(16)4-6-12/h3-7H,8H2,1-2H3,(H,17,19)(H,18,20). The van der Waals surface area contributed by atoms with Crippen molar-refractivity contribution in [2.24, 2.45) is 0 Å². The monoisotopic (exact) mass is 414 g/mol. The van der Waals surface area contributed by atoms with Gasteiger partial charge in [0.1, 0.15) is 17.3 Å². The number of aryl methyl sites for hydroxylation is 2. The highest BCUT2D eigenvalue weighted by Gasteiger charge is 2.14. The van der Waals surface area contributed by atoms with Crippen molar-refractivity contribution in [1.29, 1.82) is 0 Å². The molecule has 0 atom stereocenters. The Bertz CT molecular complexity index is 679. The van der Waals surface area contributed by atoms with Gasteiger partial charge in [0.2, 0.25) is 0 Å². The number of amides is 2. The van der Waals surface area contributed by atoms with E-state index in [0.29, 0.717) is 22.8 Å². The number of rotatable bonds is 4. The lowest BCUT2D eigenvalue weighted by molar-refractivity contribution is -0.123. The van der Waals surface area contributed by atoms with Crippen LogP contribution in [-0.4, -0.2) is 18.4 Å². The van der Waals surface area contributed by atoms with Crippen molar-refractivity contribution in [3.63, 3.8) is 0 Å². The van der Waals surface area contributed by atoms with E-state index in [4.69, 9.17) is 9.15 Å². The number of hydrogen-bond acceptors (Lipinski definition) is 4. The summed E-state index contributed by atoms with van der Waals surface area (Å²) in [5, 5.41) is 0. The van der Waals surface area contributed by atoms with Gasteiger partial charge in [-0.15, -0.1) is 0 Å². The zero-order chi connectivity index (χ0) is 16.1. The second kappa shape index (κ2) is 7.30. The molecular formula is C15H15IN2O4. The van der Waals surface area contributed by atoms with E-state index in [9.17, 15) is 9.59 Å². The fourth-order valence-corrected chi connectivity index (χ4v) is 2.13. The molecule has 0 aliphatic heterocycles. The molecule has 22 heavy (non-hydrogen) atoms. The molecule has 0 aliphatic carbocycles. The zero-order valence-corrected chi connectivity index (χ0v) is 14.3. The number of benzene rings is 1. The molecule has 2 amide bonds. The molecule has 0 saturated carbocycles. The molecular weight excluding hydrogens is 399 g/mol. The van der Waals surface area contributed by atoms with Crippen LogP contribution >= 0.6 is 22.6 Å². The lowest BCUT2D eigenvalue weighted by atomic mass is 10.2. The normalized spacial score (nSPS) is 10.1. The summed E-state index contributed by atoms with van der Waals surface area (Å²) in [6.07, 6.45) is 0. The molecule has 2 N–H and O–H groups in total. The Kier molecular flexibility index (Phi) is 5.42. The third-order valence-corrected chi connectivity index (χ3v) is 3.50. The lowest BCUT2D eigenvalue weighted by Gasteiger charge is -2.08. The van der Waals surface area contributed by atoms with E-state index in [1.165, 1.54) is 0 Å². The first-order chi connectivity index (χ1) is 10.5. The van der Waals surface area contributed by atoms with Gasteiger partial charge in [-0.2, -0.15) is 0 Å². The fraction of sp³-hybridized carbons (Fsp3) is 0.200. The predicted molar refractivity (Wildman–Crippen MR) is 88.4 cm³/mol. The summed E-state index contributed by atoms with van der Waals surface area (Å²) < 4.78 is 11.6. The number of hydrazine groups is 1. The van der Waals surface area contributed by atoms with Crippen LogP contribution in [0.2, 0.25) is 0 Å². The van der Waals surface area contributed by atoms with Crippen LogP contribution in [0.4, 0.5) is 0 Å². The minimum absolute atomic E-state index is 0.190. The molecule has 0 saturated heterocycles. The number of hydrogen-bond donors (Lipinski definition) is 2. The van der Waals surface area contributed by atoms with Crippen LogP contribution in [0.15, 0.2) is 34.7 Å². The average Bonchev–Trinajstić information content (AvgIpc) is 2.83. The molecule has 1 heterocycles. The third kappa shape index (κ3) is 4.48. The molecule has 0 unspecified atom stereocenters. The Hall–Kier alpha value is -2.03. The Morgan fingerprint density at radius 2 is 1.86 bits per heavy atom. The Balaban J connectivity index is 1.79. The van der Waals surface area contributed by atoms with Crippen molar-refractivity contribution in [1.82, 2.24) is 10.9 Å². The van der Waals surface area contributed by atoms with Crippen molar-refractivity contribution in [3.05, 3.63) is 51.0 Å². The van der Waals surface area contributed by atoms with Crippen molar-refractivity contribution in [2.45, 2.75) is 13.8 Å². The molecule has 2 rings (SSSR count). The van der Waals surface area contributed by atoms with Crippen molar-refractivity contribution in [3.8, 4) is 5.75 Å². The second-order valence-corrected chi connectivity index (χ2v) is 5.82. The molecule has 7 heteroatoms. The minimum atomic E-state index is -0.454. The van der Waals surface area contributed by atoms with Crippen molar-refractivity contribution in [2.75, 3.05) is 6.61 Å². The molecule has 0 bridgehead atoms. The molecule has 6 nitrogen and oxygen atoms in total. The highest BCUT2D eigenvalue weighted by molar-refractivity contribution is 14.1. The molecule has 1 aromatic carbocycles. The number of ether oxygens (including phenoxy) is 1. The molecule has 0 fully saturated rings. The smallest absolute Gasteiger partial charge is 0.276 e. The quantitative estimate of drug-likeness (QED) is 0.595. The summed E-state index contributed by atoms with van der Waals surface area (Å²) in [5.41, 5.74) is 5.00. The number of halogens is 1. The molecule has 1 aromatic heterocycles. The van der Waals surface area contributed by atoms with Crippen LogP contribution in [0.25, 0.3) is 0 Å². The van der Waals surface area contributed by atoms with Crippen LogP contribution < -0.4 is 15.6 Å². The van der Waals surface area contributed by atoms with Gasteiger partial charge >= 0.3 is 0 Å². The Morgan fingerprint density at radius 3 is 2.45 bits per heavy atom. The first kappa shape index (κ1) is 16.3. The van der Waals surface area contributed by atoms with Gasteiger partial charge in [-0.3, -0.25) is 20.4 Å². The number of carbonyl (C=O) groups is 2. The third-order valence-electron chi connectivity index (χ3n) is 2.78. The van der Waals surface area contributed by atoms with Crippen molar-refractivity contribution < 1.29 is 18.7 Å². The van der Waals surface area contributed by atoms with E-state index < -0.39 is 11.8 Å². The van der Waals surface area contributed by atoms with E-state index in [0.717, 1.165) is 3.57 Å². The van der Waals surface area contributed by atoms with E-state index in [2.05, 4.69) is 33.4 Å². The number of carbonyl (C=O) groups excluding carboxylic acids is 2. The van der Waals surface area contributed by atoms with Crippen LogP contribution in [0.1, 0.15) is 21.9 Å². The molecule has 2 aromatic rings. The SMILES string of the molecule is Cc1cc(C(=O)NNC(=O)COc2ccc(I)cc2)c(C)o1. The maximum Gasteiger partial charge on any atom is 0.276 e. The summed E-state index contributed by atoms with van der Waals surface area (Å²) in [5.74, 6) is 0.834. The predicted octanol–water partition coefficient (Wildman–Crippen LogP) is 2.34. The molecule has 0 aliphatic rings. The van der Waals surface area contributed by atoms with E-state index in [-0.39, 0.29) is 6.61 Å². The minimum Gasteiger partial charge on any atom is -0.484 e. The summed E-state index contributed by atoms with van der Waals surface area (Å²) in [4.78, 5) is 23.5. The van der Waals surface area contributed by atoms with Crippen LogP contribution in [-0.2, 0) is 4.79 Å². The van der Waals surface area contributed by atoms with Gasteiger partial charge in [0.05, 0.1) is 5.56 Å². The average molecular weight is 414 g/mol. The van der Waals surface area contributed by atoms with Gasteiger partial charge in [0, 0.05) is 3.57 Å². The van der Waals surface area contributed by atoms with Crippen LogP contribution in [0, 0.1) is 17.4 Å². The summed E-state index contributed by atoms with van der Waals surface area (Å²) >= 11 is 2.18. The van der Waals surface area contributed by atoms with Gasteiger partial charge in [0.25, 0.3) is 11.8 Å². The lowest BCUT2D eigenvalue weighted by Crippen LogP contribution is -2.43. The Labute approximate surface area is 141 Å². The second-order valence-electron chi connectivity index (χ2n) is 4.57. The van der Waals surface area contributed by atoms with Gasteiger partial charge in [-0.05, 0) is 66.8 Å². The molecule has 0 radical (unpaired) electrons. The van der Waals surface area contributed by atoms with Crippen molar-refractivity contribution >= 4 is 34.4 Å². The highest BCUT2D eigenvalue weighted by Crippen LogP contribution is 2.14. The summed E-state index contributed by atoms with van der Waals surface area (Å²) in [6, 6.07) is 8.90. The van der Waals surface area contributed by atoms with E-state index in [1.54, 1.807) is 32.0 Å². The highest BCUT2D eigenvalue weighted by atomic mass is 127. The van der Waals surface area contributed by atoms with E-state index >= 15 is 0 Å². The summed E-state index contributed by atoms with van der Waals surface area (Å²) in [7, 11) is 0. The summed E-state index contributed by atoms with van der Waals surface area (Å²) in [6.45, 7) is 3.24. The van der Waals surface area contributed by atoms with Gasteiger partial charge in [-0.1, -0.05) is 0 Å². The number of nitrogens with one attached hydrogen (secondary N) is 2. The maximum absolute atomic E-state index is 11.9. The first-order valence-electron chi connectivity index (χ1n) is 6.50. The number of furan rings is 1.